The summed E-state index contributed by atoms with van der Waals surface area (Å²) in [6.45, 7) is 7.94. The van der Waals surface area contributed by atoms with E-state index in [9.17, 15) is 0 Å². The van der Waals surface area contributed by atoms with Crippen LogP contribution >= 0.6 is 0 Å². The molecule has 0 amide bonds. The highest BCUT2D eigenvalue weighted by Crippen LogP contribution is 2.12. The van der Waals surface area contributed by atoms with E-state index < -0.39 is 0 Å². The van der Waals surface area contributed by atoms with Crippen LogP contribution in [-0.4, -0.2) is 34.5 Å². The first-order valence-electron chi connectivity index (χ1n) is 6.47. The largest absolute Gasteiger partial charge is 0.345 e. The van der Waals surface area contributed by atoms with Gasteiger partial charge < -0.3 is 9.88 Å². The van der Waals surface area contributed by atoms with Crippen LogP contribution in [0.2, 0.25) is 0 Å². The molecule has 1 heterocycles. The van der Waals surface area contributed by atoms with Gasteiger partial charge in [-0.2, -0.15) is 0 Å². The standard InChI is InChI=1S/C14H21N3/c1-3-8-17(4-2)9-7-12-5-6-13-14(10-12)16-11-15-13/h5-6,10-11H,3-4,7-9H2,1-2H3,(H,15,16). The minimum Gasteiger partial charge on any atom is -0.345 e. The van der Waals surface area contributed by atoms with Crippen LogP contribution in [0.3, 0.4) is 0 Å². The number of aromatic nitrogens is 2. The number of hydrogen-bond donors (Lipinski definition) is 1. The number of nitrogens with zero attached hydrogens (tertiary/aromatic N) is 2. The van der Waals surface area contributed by atoms with Crippen LogP contribution in [0.4, 0.5) is 0 Å². The zero-order chi connectivity index (χ0) is 12.1. The SMILES string of the molecule is CCCN(CC)CCc1ccc2nc[nH]c2c1. The fraction of sp³-hybridized carbons (Fsp3) is 0.500. The summed E-state index contributed by atoms with van der Waals surface area (Å²) in [5.74, 6) is 0. The molecule has 1 aromatic heterocycles. The number of likely N-dealkylation sites (N-methyl/N-ethyl adjacent to an activating group) is 1. The summed E-state index contributed by atoms with van der Waals surface area (Å²) in [6, 6.07) is 6.49. The van der Waals surface area contributed by atoms with Gasteiger partial charge in [-0.1, -0.05) is 19.9 Å². The third kappa shape index (κ3) is 3.07. The molecule has 0 aliphatic carbocycles. The van der Waals surface area contributed by atoms with Gasteiger partial charge in [-0.25, -0.2) is 4.98 Å². The van der Waals surface area contributed by atoms with Gasteiger partial charge in [0.25, 0.3) is 0 Å². The molecule has 92 valence electrons. The molecule has 3 nitrogen and oxygen atoms in total. The highest BCUT2D eigenvalue weighted by Gasteiger charge is 2.03. The van der Waals surface area contributed by atoms with Crippen molar-refractivity contribution in [2.45, 2.75) is 26.7 Å². The molecule has 0 aliphatic rings. The van der Waals surface area contributed by atoms with Gasteiger partial charge in [-0.05, 0) is 43.6 Å². The number of hydrogen-bond acceptors (Lipinski definition) is 2. The maximum absolute atomic E-state index is 4.23. The van der Waals surface area contributed by atoms with Gasteiger partial charge in [0, 0.05) is 6.54 Å². The molecular formula is C14H21N3. The summed E-state index contributed by atoms with van der Waals surface area (Å²) in [6.07, 6.45) is 4.10. The normalized spacial score (nSPS) is 11.5. The Morgan fingerprint density at radius 1 is 1.24 bits per heavy atom. The molecule has 0 aliphatic heterocycles. The van der Waals surface area contributed by atoms with Crippen LogP contribution in [0.15, 0.2) is 24.5 Å². The molecule has 0 spiro atoms. The fourth-order valence-corrected chi connectivity index (χ4v) is 2.17. The van der Waals surface area contributed by atoms with E-state index >= 15 is 0 Å². The van der Waals surface area contributed by atoms with Crippen molar-refractivity contribution in [3.05, 3.63) is 30.1 Å². The lowest BCUT2D eigenvalue weighted by atomic mass is 10.1. The fourth-order valence-electron chi connectivity index (χ4n) is 2.17. The Kier molecular flexibility index (Phi) is 4.15. The Bertz CT molecular complexity index is 461. The van der Waals surface area contributed by atoms with E-state index in [0.717, 1.165) is 30.5 Å². The predicted octanol–water partition coefficient (Wildman–Crippen LogP) is 2.84. The summed E-state index contributed by atoms with van der Waals surface area (Å²) < 4.78 is 0. The average Bonchev–Trinajstić information content (AvgIpc) is 2.81. The molecule has 0 radical (unpaired) electrons. The molecule has 0 unspecified atom stereocenters. The van der Waals surface area contributed by atoms with Crippen molar-refractivity contribution >= 4 is 11.0 Å². The lowest BCUT2D eigenvalue weighted by Crippen LogP contribution is -2.26. The Morgan fingerprint density at radius 3 is 2.88 bits per heavy atom. The Labute approximate surface area is 103 Å². The third-order valence-corrected chi connectivity index (χ3v) is 3.19. The maximum Gasteiger partial charge on any atom is 0.0931 e. The van der Waals surface area contributed by atoms with Gasteiger partial charge in [0.05, 0.1) is 17.4 Å². The highest BCUT2D eigenvalue weighted by molar-refractivity contribution is 5.75. The number of nitrogens with one attached hydrogen (secondary N) is 1. The number of imidazole rings is 1. The van der Waals surface area contributed by atoms with Crippen LogP contribution in [0.25, 0.3) is 11.0 Å². The molecule has 0 atom stereocenters. The second-order valence-electron chi connectivity index (χ2n) is 4.44. The van der Waals surface area contributed by atoms with Crippen molar-refractivity contribution in [2.75, 3.05) is 19.6 Å². The Hall–Kier alpha value is -1.35. The molecule has 2 rings (SSSR count). The van der Waals surface area contributed by atoms with Crippen molar-refractivity contribution in [3.8, 4) is 0 Å². The van der Waals surface area contributed by atoms with Gasteiger partial charge in [-0.15, -0.1) is 0 Å². The highest BCUT2D eigenvalue weighted by atomic mass is 15.1. The van der Waals surface area contributed by atoms with Crippen LogP contribution in [0.5, 0.6) is 0 Å². The quantitative estimate of drug-likeness (QED) is 0.829. The van der Waals surface area contributed by atoms with Gasteiger partial charge in [0.2, 0.25) is 0 Å². The number of H-pyrrole nitrogens is 1. The van der Waals surface area contributed by atoms with E-state index in [1.165, 1.54) is 18.5 Å². The zero-order valence-electron chi connectivity index (χ0n) is 10.7. The monoisotopic (exact) mass is 231 g/mol. The van der Waals surface area contributed by atoms with E-state index in [1.54, 1.807) is 6.33 Å². The predicted molar refractivity (Wildman–Crippen MR) is 72.2 cm³/mol. The van der Waals surface area contributed by atoms with Crippen LogP contribution in [0.1, 0.15) is 25.8 Å². The van der Waals surface area contributed by atoms with Gasteiger partial charge in [0.15, 0.2) is 0 Å². The lowest BCUT2D eigenvalue weighted by molar-refractivity contribution is 0.292. The smallest absolute Gasteiger partial charge is 0.0931 e. The second kappa shape index (κ2) is 5.82. The van der Waals surface area contributed by atoms with E-state index in [4.69, 9.17) is 0 Å². The van der Waals surface area contributed by atoms with E-state index in [0.29, 0.717) is 0 Å². The van der Waals surface area contributed by atoms with Gasteiger partial charge in [-0.3, -0.25) is 0 Å². The molecule has 17 heavy (non-hydrogen) atoms. The van der Waals surface area contributed by atoms with Crippen molar-refractivity contribution in [3.63, 3.8) is 0 Å². The molecule has 0 bridgehead atoms. The van der Waals surface area contributed by atoms with Crippen LogP contribution in [-0.2, 0) is 6.42 Å². The minimum atomic E-state index is 1.05. The van der Waals surface area contributed by atoms with E-state index in [1.807, 2.05) is 0 Å². The van der Waals surface area contributed by atoms with Crippen molar-refractivity contribution in [2.24, 2.45) is 0 Å². The van der Waals surface area contributed by atoms with E-state index in [2.05, 4.69) is 46.9 Å². The minimum absolute atomic E-state index is 1.05. The molecular weight excluding hydrogens is 210 g/mol. The van der Waals surface area contributed by atoms with Crippen LogP contribution < -0.4 is 0 Å². The molecule has 3 heteroatoms. The van der Waals surface area contributed by atoms with Crippen molar-refractivity contribution in [1.29, 1.82) is 0 Å². The molecule has 2 aromatic rings. The first kappa shape index (κ1) is 12.1. The Balaban J connectivity index is 1.97. The molecule has 0 saturated carbocycles. The zero-order valence-corrected chi connectivity index (χ0v) is 10.7. The molecule has 1 aromatic carbocycles. The topological polar surface area (TPSA) is 31.9 Å². The first-order chi connectivity index (χ1) is 8.33. The lowest BCUT2D eigenvalue weighted by Gasteiger charge is -2.19. The summed E-state index contributed by atoms with van der Waals surface area (Å²) >= 11 is 0. The third-order valence-electron chi connectivity index (χ3n) is 3.19. The summed E-state index contributed by atoms with van der Waals surface area (Å²) in [7, 11) is 0. The van der Waals surface area contributed by atoms with Gasteiger partial charge in [0.1, 0.15) is 0 Å². The number of benzene rings is 1. The number of fused-ring (bicyclic) bond motifs is 1. The number of aromatic amines is 1. The van der Waals surface area contributed by atoms with Gasteiger partial charge >= 0.3 is 0 Å². The average molecular weight is 231 g/mol. The summed E-state index contributed by atoms with van der Waals surface area (Å²) in [5, 5.41) is 0. The molecule has 0 fully saturated rings. The second-order valence-corrected chi connectivity index (χ2v) is 4.44. The summed E-state index contributed by atoms with van der Waals surface area (Å²) in [4.78, 5) is 9.89. The molecule has 1 N–H and O–H groups in total. The maximum atomic E-state index is 4.23. The molecule has 0 saturated heterocycles. The Morgan fingerprint density at radius 2 is 2.12 bits per heavy atom. The van der Waals surface area contributed by atoms with Crippen LogP contribution in [0, 0.1) is 0 Å². The number of rotatable bonds is 6. The van der Waals surface area contributed by atoms with Crippen molar-refractivity contribution < 1.29 is 0 Å². The van der Waals surface area contributed by atoms with E-state index in [-0.39, 0.29) is 0 Å². The van der Waals surface area contributed by atoms with Crippen molar-refractivity contribution in [1.82, 2.24) is 14.9 Å². The first-order valence-corrected chi connectivity index (χ1v) is 6.47. The summed E-state index contributed by atoms with van der Waals surface area (Å²) in [5.41, 5.74) is 3.58.